The predicted molar refractivity (Wildman–Crippen MR) is 99.7 cm³/mol. The summed E-state index contributed by atoms with van der Waals surface area (Å²) in [6, 6.07) is 3.74. The Morgan fingerprint density at radius 1 is 1.11 bits per heavy atom. The van der Waals surface area contributed by atoms with Crippen LogP contribution in [0.3, 0.4) is 0 Å². The van der Waals surface area contributed by atoms with Crippen LogP contribution in [0.5, 0.6) is 5.75 Å². The van der Waals surface area contributed by atoms with Gasteiger partial charge in [-0.1, -0.05) is 12.8 Å². The fourth-order valence-electron chi connectivity index (χ4n) is 3.98. The minimum Gasteiger partial charge on any atom is -0.432 e. The fourth-order valence-corrected chi connectivity index (χ4v) is 3.98. The largest absolute Gasteiger partial charge is 0.432 e. The maximum absolute atomic E-state index is 12.8. The molecule has 1 aromatic carbocycles. The van der Waals surface area contributed by atoms with E-state index < -0.39 is 11.5 Å². The van der Waals surface area contributed by atoms with Crippen LogP contribution in [0.1, 0.15) is 38.5 Å². The minimum atomic E-state index is -3.07. The van der Waals surface area contributed by atoms with Crippen molar-refractivity contribution in [2.45, 2.75) is 45.1 Å². The highest BCUT2D eigenvalue weighted by atomic mass is 19.3. The number of nitrogens with zero attached hydrogens (tertiary/aromatic N) is 3. The van der Waals surface area contributed by atoms with E-state index in [0.717, 1.165) is 44.8 Å². The van der Waals surface area contributed by atoms with Gasteiger partial charge in [-0.25, -0.2) is 0 Å². The molecule has 0 unspecified atom stereocenters. The number of hydrogen-bond acceptors (Lipinski definition) is 5. The van der Waals surface area contributed by atoms with Gasteiger partial charge in [0.05, 0.1) is 16.7 Å². The summed E-state index contributed by atoms with van der Waals surface area (Å²) in [6.07, 6.45) is 5.66. The number of ether oxygens (including phenoxy) is 1. The lowest BCUT2D eigenvalue weighted by Gasteiger charge is -2.35. The van der Waals surface area contributed by atoms with Gasteiger partial charge in [-0.15, -0.1) is 0 Å². The summed E-state index contributed by atoms with van der Waals surface area (Å²) in [4.78, 5) is 26.9. The van der Waals surface area contributed by atoms with Crippen LogP contribution in [-0.4, -0.2) is 48.5 Å². The maximum atomic E-state index is 12.8. The van der Waals surface area contributed by atoms with E-state index in [-0.39, 0.29) is 23.3 Å². The van der Waals surface area contributed by atoms with E-state index in [1.807, 2.05) is 9.80 Å². The summed E-state index contributed by atoms with van der Waals surface area (Å²) in [5.74, 6) is -0.0809. The van der Waals surface area contributed by atoms with Gasteiger partial charge in [-0.3, -0.25) is 14.9 Å². The average molecular weight is 397 g/mol. The molecule has 3 rings (SSSR count). The van der Waals surface area contributed by atoms with Crippen molar-refractivity contribution in [3.05, 3.63) is 28.3 Å². The van der Waals surface area contributed by atoms with Gasteiger partial charge in [0, 0.05) is 38.2 Å². The zero-order valence-electron chi connectivity index (χ0n) is 15.7. The van der Waals surface area contributed by atoms with Crippen LogP contribution in [0.2, 0.25) is 0 Å². The SMILES string of the molecule is O=C(C1CCN(c2ccc([N+](=O)[O-])cc2OC(F)F)CC1)N1CCCCCC1. The molecule has 2 heterocycles. The second kappa shape index (κ2) is 9.16. The lowest BCUT2D eigenvalue weighted by atomic mass is 9.94. The van der Waals surface area contributed by atoms with Crippen molar-refractivity contribution in [1.29, 1.82) is 0 Å². The molecule has 0 saturated carbocycles. The van der Waals surface area contributed by atoms with Gasteiger partial charge in [0.2, 0.25) is 5.91 Å². The molecule has 0 spiro atoms. The Morgan fingerprint density at radius 3 is 2.32 bits per heavy atom. The van der Waals surface area contributed by atoms with E-state index in [9.17, 15) is 23.7 Å². The number of carbonyl (C=O) groups is 1. The smallest absolute Gasteiger partial charge is 0.387 e. The molecule has 0 radical (unpaired) electrons. The zero-order valence-corrected chi connectivity index (χ0v) is 15.7. The van der Waals surface area contributed by atoms with E-state index in [1.54, 1.807) is 0 Å². The molecule has 1 aromatic rings. The van der Waals surface area contributed by atoms with Crippen molar-refractivity contribution >= 4 is 17.3 Å². The molecule has 7 nitrogen and oxygen atoms in total. The number of nitro benzene ring substituents is 1. The highest BCUT2D eigenvalue weighted by Gasteiger charge is 2.30. The molecule has 0 aromatic heterocycles. The Balaban J connectivity index is 1.67. The van der Waals surface area contributed by atoms with Gasteiger partial charge < -0.3 is 14.5 Å². The number of halogens is 2. The number of non-ortho nitro benzene ring substituents is 1. The lowest BCUT2D eigenvalue weighted by molar-refractivity contribution is -0.385. The first kappa shape index (κ1) is 20.3. The number of rotatable bonds is 5. The first-order valence-corrected chi connectivity index (χ1v) is 9.72. The van der Waals surface area contributed by atoms with Gasteiger partial charge in [0.25, 0.3) is 5.69 Å². The van der Waals surface area contributed by atoms with Gasteiger partial charge in [0.1, 0.15) is 0 Å². The molecule has 2 saturated heterocycles. The predicted octanol–water partition coefficient (Wildman–Crippen LogP) is 3.82. The third kappa shape index (κ3) is 4.88. The van der Waals surface area contributed by atoms with Crippen molar-refractivity contribution in [3.63, 3.8) is 0 Å². The fraction of sp³-hybridized carbons (Fsp3) is 0.632. The number of amides is 1. The molecule has 1 amide bonds. The van der Waals surface area contributed by atoms with Crippen LogP contribution < -0.4 is 9.64 Å². The summed E-state index contributed by atoms with van der Waals surface area (Å²) in [5.41, 5.74) is 0.0946. The zero-order chi connectivity index (χ0) is 20.1. The van der Waals surface area contributed by atoms with E-state index in [4.69, 9.17) is 0 Å². The third-order valence-corrected chi connectivity index (χ3v) is 5.47. The topological polar surface area (TPSA) is 75.9 Å². The Bertz CT molecular complexity index is 700. The molecule has 0 bridgehead atoms. The second-order valence-corrected chi connectivity index (χ2v) is 7.29. The van der Waals surface area contributed by atoms with Crippen LogP contribution in [-0.2, 0) is 4.79 Å². The number of piperidine rings is 1. The first-order valence-electron chi connectivity index (χ1n) is 9.72. The Labute approximate surface area is 162 Å². The van der Waals surface area contributed by atoms with Crippen LogP contribution in [0.15, 0.2) is 18.2 Å². The maximum Gasteiger partial charge on any atom is 0.387 e. The second-order valence-electron chi connectivity index (χ2n) is 7.29. The quantitative estimate of drug-likeness (QED) is 0.558. The molecule has 2 fully saturated rings. The van der Waals surface area contributed by atoms with Gasteiger partial charge in [-0.2, -0.15) is 8.78 Å². The van der Waals surface area contributed by atoms with E-state index in [2.05, 4.69) is 4.74 Å². The number of carbonyl (C=O) groups excluding carboxylic acids is 1. The van der Waals surface area contributed by atoms with Crippen LogP contribution in [0.25, 0.3) is 0 Å². The number of nitro groups is 1. The molecule has 2 aliphatic heterocycles. The third-order valence-electron chi connectivity index (χ3n) is 5.47. The monoisotopic (exact) mass is 397 g/mol. The summed E-state index contributed by atoms with van der Waals surface area (Å²) in [7, 11) is 0. The first-order chi connectivity index (χ1) is 13.5. The molecule has 2 aliphatic rings. The van der Waals surface area contributed by atoms with Gasteiger partial charge >= 0.3 is 6.61 Å². The molecule has 28 heavy (non-hydrogen) atoms. The number of hydrogen-bond donors (Lipinski definition) is 0. The van der Waals surface area contributed by atoms with Crippen molar-refractivity contribution in [1.82, 2.24) is 4.90 Å². The molecule has 154 valence electrons. The summed E-state index contributed by atoms with van der Waals surface area (Å²) in [5, 5.41) is 10.9. The van der Waals surface area contributed by atoms with Crippen molar-refractivity contribution in [2.75, 3.05) is 31.1 Å². The Hall–Kier alpha value is -2.45. The number of benzene rings is 1. The summed E-state index contributed by atoms with van der Waals surface area (Å²) >= 11 is 0. The van der Waals surface area contributed by atoms with Gasteiger partial charge in [-0.05, 0) is 31.7 Å². The number of likely N-dealkylation sites (tertiary alicyclic amines) is 1. The Morgan fingerprint density at radius 2 is 1.75 bits per heavy atom. The standard InChI is InChI=1S/C19H25F2N3O4/c20-19(21)28-17-13-15(24(26)27)5-6-16(17)22-11-7-14(8-12-22)18(25)23-9-3-1-2-4-10-23/h5-6,13-14,19H,1-4,7-12H2. The molecular weight excluding hydrogens is 372 g/mol. The summed E-state index contributed by atoms with van der Waals surface area (Å²) in [6.45, 7) is -0.409. The number of alkyl halides is 2. The Kier molecular flexibility index (Phi) is 6.64. The minimum absolute atomic E-state index is 0.0631. The van der Waals surface area contributed by atoms with Crippen LogP contribution >= 0.6 is 0 Å². The normalized spacial score (nSPS) is 18.8. The number of anilines is 1. The molecule has 0 N–H and O–H groups in total. The van der Waals surface area contributed by atoms with Crippen LogP contribution in [0, 0.1) is 16.0 Å². The molecule has 0 aliphatic carbocycles. The van der Waals surface area contributed by atoms with E-state index in [1.165, 1.54) is 12.1 Å². The van der Waals surface area contributed by atoms with Crippen molar-refractivity contribution < 1.29 is 23.2 Å². The highest BCUT2D eigenvalue weighted by molar-refractivity contribution is 5.79. The average Bonchev–Trinajstić information content (AvgIpc) is 2.96. The van der Waals surface area contributed by atoms with E-state index in [0.29, 0.717) is 31.6 Å². The molecule has 9 heteroatoms. The molecule has 0 atom stereocenters. The van der Waals surface area contributed by atoms with E-state index >= 15 is 0 Å². The van der Waals surface area contributed by atoms with Crippen molar-refractivity contribution in [3.8, 4) is 5.75 Å². The highest BCUT2D eigenvalue weighted by Crippen LogP contribution is 2.36. The summed E-state index contributed by atoms with van der Waals surface area (Å²) < 4.78 is 30.0. The van der Waals surface area contributed by atoms with Crippen LogP contribution in [0.4, 0.5) is 20.2 Å². The van der Waals surface area contributed by atoms with Gasteiger partial charge in [0.15, 0.2) is 5.75 Å². The van der Waals surface area contributed by atoms with Crippen molar-refractivity contribution in [2.24, 2.45) is 5.92 Å². The lowest BCUT2D eigenvalue weighted by Crippen LogP contribution is -2.43. The molecular formula is C19H25F2N3O4.